The molecule has 0 spiro atoms. The fraction of sp³-hybridized carbons (Fsp3) is 0.243. The number of anilines is 1. The molecule has 1 aliphatic carbocycles. The van der Waals surface area contributed by atoms with Crippen molar-refractivity contribution >= 4 is 27.5 Å². The highest BCUT2D eigenvalue weighted by Crippen LogP contribution is 2.26. The summed E-state index contributed by atoms with van der Waals surface area (Å²) in [6, 6.07) is 28.3. The molecule has 0 aliphatic heterocycles. The Labute approximate surface area is 275 Å². The van der Waals surface area contributed by atoms with E-state index in [4.69, 9.17) is 4.74 Å². The zero-order chi connectivity index (χ0) is 33.1. The molecule has 0 bridgehead atoms. The SMILES string of the molecule is O=C(NCCC1=CCCCC1)[C@H](c1ccccc1)N(Cc1ccccc1)C(=O)COc1ccc(S(=O)(=O)Nc2ccc(F)cc2)cc1. The topological polar surface area (TPSA) is 105 Å². The molecule has 4 aromatic carbocycles. The maximum Gasteiger partial charge on any atom is 0.261 e. The quantitative estimate of drug-likeness (QED) is 0.146. The van der Waals surface area contributed by atoms with Crippen LogP contribution in [0.15, 0.2) is 126 Å². The van der Waals surface area contributed by atoms with Crippen LogP contribution in [0.4, 0.5) is 10.1 Å². The van der Waals surface area contributed by atoms with Gasteiger partial charge in [0.05, 0.1) is 4.90 Å². The number of allylic oxidation sites excluding steroid dienone is 1. The predicted molar refractivity (Wildman–Crippen MR) is 179 cm³/mol. The van der Waals surface area contributed by atoms with Crippen molar-refractivity contribution in [3.63, 3.8) is 0 Å². The lowest BCUT2D eigenvalue weighted by atomic mass is 9.97. The maximum atomic E-state index is 13.9. The molecular formula is C37H38FN3O5S. The van der Waals surface area contributed by atoms with Crippen LogP contribution >= 0.6 is 0 Å². The number of halogens is 1. The van der Waals surface area contributed by atoms with Crippen molar-refractivity contribution in [1.29, 1.82) is 0 Å². The molecule has 2 N–H and O–H groups in total. The van der Waals surface area contributed by atoms with Crippen LogP contribution in [0.25, 0.3) is 0 Å². The number of nitrogens with zero attached hydrogens (tertiary/aromatic N) is 1. The number of amides is 2. The van der Waals surface area contributed by atoms with Gasteiger partial charge in [0.2, 0.25) is 5.91 Å². The van der Waals surface area contributed by atoms with E-state index in [-0.39, 0.29) is 35.4 Å². The molecule has 2 amide bonds. The molecule has 0 radical (unpaired) electrons. The minimum absolute atomic E-state index is 0.0315. The third kappa shape index (κ3) is 9.52. The molecule has 0 saturated heterocycles. The van der Waals surface area contributed by atoms with Crippen LogP contribution in [0, 0.1) is 5.82 Å². The van der Waals surface area contributed by atoms with E-state index in [2.05, 4.69) is 16.1 Å². The lowest BCUT2D eigenvalue weighted by Gasteiger charge is -2.31. The summed E-state index contributed by atoms with van der Waals surface area (Å²) in [5, 5.41) is 3.07. The van der Waals surface area contributed by atoms with Crippen molar-refractivity contribution in [2.45, 2.75) is 49.6 Å². The van der Waals surface area contributed by atoms with E-state index in [0.29, 0.717) is 12.1 Å². The first kappa shape index (κ1) is 33.4. The van der Waals surface area contributed by atoms with Gasteiger partial charge in [-0.05, 0) is 91.8 Å². The lowest BCUT2D eigenvalue weighted by Crippen LogP contribution is -2.45. The lowest BCUT2D eigenvalue weighted by molar-refractivity contribution is -0.143. The molecule has 4 aromatic rings. The molecule has 5 rings (SSSR count). The highest BCUT2D eigenvalue weighted by molar-refractivity contribution is 7.92. The highest BCUT2D eigenvalue weighted by atomic mass is 32.2. The van der Waals surface area contributed by atoms with Gasteiger partial charge >= 0.3 is 0 Å². The summed E-state index contributed by atoms with van der Waals surface area (Å²) in [5.41, 5.74) is 3.10. The number of carbonyl (C=O) groups is 2. The van der Waals surface area contributed by atoms with Gasteiger partial charge in [-0.15, -0.1) is 0 Å². The molecule has 8 nitrogen and oxygen atoms in total. The average Bonchev–Trinajstić information content (AvgIpc) is 3.09. The van der Waals surface area contributed by atoms with Crippen LogP contribution in [-0.2, 0) is 26.2 Å². The molecule has 0 unspecified atom stereocenters. The third-order valence-corrected chi connectivity index (χ3v) is 9.31. The molecule has 0 heterocycles. The van der Waals surface area contributed by atoms with Crippen LogP contribution < -0.4 is 14.8 Å². The van der Waals surface area contributed by atoms with Gasteiger partial charge in [-0.2, -0.15) is 0 Å². The summed E-state index contributed by atoms with van der Waals surface area (Å²) < 4.78 is 47.1. The number of sulfonamides is 1. The van der Waals surface area contributed by atoms with Crippen molar-refractivity contribution in [2.24, 2.45) is 0 Å². The Hall–Kier alpha value is -4.96. The summed E-state index contributed by atoms with van der Waals surface area (Å²) in [6.45, 7) is 0.271. The van der Waals surface area contributed by atoms with Crippen molar-refractivity contribution < 1.29 is 27.1 Å². The number of nitrogens with one attached hydrogen (secondary N) is 2. The third-order valence-electron chi connectivity index (χ3n) is 7.91. The van der Waals surface area contributed by atoms with E-state index >= 15 is 0 Å². The minimum atomic E-state index is -3.94. The summed E-state index contributed by atoms with van der Waals surface area (Å²) in [4.78, 5) is 29.2. The van der Waals surface area contributed by atoms with Crippen molar-refractivity contribution in [3.05, 3.63) is 138 Å². The van der Waals surface area contributed by atoms with Gasteiger partial charge in [0.15, 0.2) is 6.61 Å². The smallest absolute Gasteiger partial charge is 0.261 e. The van der Waals surface area contributed by atoms with E-state index in [1.165, 1.54) is 53.3 Å². The second-order valence-electron chi connectivity index (χ2n) is 11.3. The Morgan fingerprint density at radius 2 is 1.53 bits per heavy atom. The van der Waals surface area contributed by atoms with Crippen LogP contribution in [0.5, 0.6) is 5.75 Å². The summed E-state index contributed by atoms with van der Waals surface area (Å²) in [6.07, 6.45) is 7.51. The largest absolute Gasteiger partial charge is 0.484 e. The molecule has 244 valence electrons. The zero-order valence-electron chi connectivity index (χ0n) is 26.0. The molecule has 47 heavy (non-hydrogen) atoms. The molecule has 1 aliphatic rings. The van der Waals surface area contributed by atoms with E-state index < -0.39 is 27.8 Å². The first-order valence-corrected chi connectivity index (χ1v) is 17.1. The monoisotopic (exact) mass is 655 g/mol. The van der Waals surface area contributed by atoms with E-state index in [0.717, 1.165) is 43.4 Å². The average molecular weight is 656 g/mol. The Kier molecular flexibility index (Phi) is 11.4. The summed E-state index contributed by atoms with van der Waals surface area (Å²) in [5.74, 6) is -0.891. The second kappa shape index (κ2) is 16.0. The maximum absolute atomic E-state index is 13.9. The minimum Gasteiger partial charge on any atom is -0.484 e. The number of carbonyl (C=O) groups excluding carboxylic acids is 2. The Bertz CT molecular complexity index is 1760. The van der Waals surface area contributed by atoms with Gasteiger partial charge in [-0.1, -0.05) is 72.3 Å². The second-order valence-corrected chi connectivity index (χ2v) is 13.0. The first-order valence-electron chi connectivity index (χ1n) is 15.6. The van der Waals surface area contributed by atoms with Crippen LogP contribution in [0.3, 0.4) is 0 Å². The van der Waals surface area contributed by atoms with E-state index in [1.807, 2.05) is 60.7 Å². The predicted octanol–water partition coefficient (Wildman–Crippen LogP) is 6.78. The van der Waals surface area contributed by atoms with Gasteiger partial charge < -0.3 is 15.0 Å². The van der Waals surface area contributed by atoms with E-state index in [9.17, 15) is 22.4 Å². The highest BCUT2D eigenvalue weighted by Gasteiger charge is 2.32. The molecule has 0 fully saturated rings. The Balaban J connectivity index is 1.31. The number of hydrogen-bond donors (Lipinski definition) is 2. The summed E-state index contributed by atoms with van der Waals surface area (Å²) >= 11 is 0. The van der Waals surface area contributed by atoms with Gasteiger partial charge in [0.1, 0.15) is 17.6 Å². The van der Waals surface area contributed by atoms with Gasteiger partial charge in [0, 0.05) is 18.8 Å². The number of benzene rings is 4. The Morgan fingerprint density at radius 1 is 0.851 bits per heavy atom. The van der Waals surface area contributed by atoms with Crippen molar-refractivity contribution in [1.82, 2.24) is 10.2 Å². The zero-order valence-corrected chi connectivity index (χ0v) is 26.8. The van der Waals surface area contributed by atoms with Gasteiger partial charge in [-0.3, -0.25) is 14.3 Å². The molecule has 0 saturated carbocycles. The fourth-order valence-corrected chi connectivity index (χ4v) is 6.52. The van der Waals surface area contributed by atoms with Crippen LogP contribution in [0.1, 0.15) is 49.3 Å². The standard InChI is InChI=1S/C37H38FN3O5S/c38-31-16-18-32(19-17-31)40-47(44,45)34-22-20-33(21-23-34)46-27-35(42)41(26-29-12-6-2-7-13-29)36(30-14-8-3-9-15-30)37(43)39-25-24-28-10-4-1-5-11-28/h2-3,6-10,12-23,36,40H,1,4-5,11,24-27H2,(H,39,43)/t36-/m0/s1. The normalized spacial score (nSPS) is 13.6. The van der Waals surface area contributed by atoms with Crippen LogP contribution in [0.2, 0.25) is 0 Å². The number of rotatable bonds is 14. The Morgan fingerprint density at radius 3 is 2.19 bits per heavy atom. The molecule has 1 atom stereocenters. The van der Waals surface area contributed by atoms with Crippen molar-refractivity contribution in [3.8, 4) is 5.75 Å². The molecular weight excluding hydrogens is 617 g/mol. The van der Waals surface area contributed by atoms with Crippen LogP contribution in [-0.4, -0.2) is 38.3 Å². The fourth-order valence-electron chi connectivity index (χ4n) is 5.46. The number of hydrogen-bond acceptors (Lipinski definition) is 5. The molecule has 10 heteroatoms. The van der Waals surface area contributed by atoms with E-state index in [1.54, 1.807) is 0 Å². The first-order chi connectivity index (χ1) is 22.8. The molecule has 0 aromatic heterocycles. The van der Waals surface area contributed by atoms with Crippen molar-refractivity contribution in [2.75, 3.05) is 17.9 Å². The summed E-state index contributed by atoms with van der Waals surface area (Å²) in [7, 11) is -3.94. The van der Waals surface area contributed by atoms with Gasteiger partial charge in [-0.25, -0.2) is 12.8 Å². The van der Waals surface area contributed by atoms with Gasteiger partial charge in [0.25, 0.3) is 15.9 Å². The number of ether oxygens (including phenoxy) is 1.